The largest absolute Gasteiger partial charge is 0.335 e. The second-order valence-corrected chi connectivity index (χ2v) is 3.31. The molecule has 15 heavy (non-hydrogen) atoms. The predicted molar refractivity (Wildman–Crippen MR) is 55.2 cm³/mol. The number of hydrogen-bond donors (Lipinski definition) is 1. The van der Waals surface area contributed by atoms with Gasteiger partial charge in [0, 0.05) is 6.54 Å². The van der Waals surface area contributed by atoms with Gasteiger partial charge in [-0.15, -0.1) is 0 Å². The van der Waals surface area contributed by atoms with Gasteiger partial charge in [0.2, 0.25) is 0 Å². The quantitative estimate of drug-likeness (QED) is 0.797. The van der Waals surface area contributed by atoms with E-state index in [-0.39, 0.29) is 5.91 Å². The van der Waals surface area contributed by atoms with Crippen LogP contribution in [-0.4, -0.2) is 21.7 Å². The Balaban J connectivity index is 2.86. The lowest BCUT2D eigenvalue weighted by Gasteiger charge is -2.07. The van der Waals surface area contributed by atoms with E-state index in [9.17, 15) is 4.79 Å². The van der Waals surface area contributed by atoms with Crippen LogP contribution in [0.5, 0.6) is 0 Å². The van der Waals surface area contributed by atoms with Crippen LogP contribution >= 0.6 is 0 Å². The van der Waals surface area contributed by atoms with Crippen LogP contribution in [0, 0.1) is 18.3 Å². The van der Waals surface area contributed by atoms with Crippen LogP contribution in [-0.2, 0) is 6.54 Å². The van der Waals surface area contributed by atoms with Gasteiger partial charge in [-0.25, -0.2) is 0 Å². The average Bonchev–Trinajstić information content (AvgIpc) is 2.59. The molecule has 0 bridgehead atoms. The van der Waals surface area contributed by atoms with Gasteiger partial charge in [0.05, 0.1) is 11.8 Å². The van der Waals surface area contributed by atoms with Crippen molar-refractivity contribution >= 4 is 5.91 Å². The van der Waals surface area contributed by atoms with Gasteiger partial charge in [-0.2, -0.15) is 10.4 Å². The minimum Gasteiger partial charge on any atom is -0.335 e. The van der Waals surface area contributed by atoms with E-state index in [0.29, 0.717) is 12.2 Å². The summed E-state index contributed by atoms with van der Waals surface area (Å²) in [5, 5.41) is 15.3. The highest BCUT2D eigenvalue weighted by molar-refractivity contribution is 5.93. The van der Waals surface area contributed by atoms with Gasteiger partial charge < -0.3 is 5.32 Å². The SMILES string of the molecule is CCn1nc(C)cc1C(=O)NC(C)C#N. The first-order valence-corrected chi connectivity index (χ1v) is 4.83. The molecule has 1 N–H and O–H groups in total. The summed E-state index contributed by atoms with van der Waals surface area (Å²) in [7, 11) is 0. The minimum absolute atomic E-state index is 0.258. The molecule has 1 amide bonds. The predicted octanol–water partition coefficient (Wildman–Crippen LogP) is 0.853. The van der Waals surface area contributed by atoms with Crippen LogP contribution in [0.1, 0.15) is 30.0 Å². The number of carbonyl (C=O) groups is 1. The zero-order valence-electron chi connectivity index (χ0n) is 9.11. The third kappa shape index (κ3) is 2.56. The van der Waals surface area contributed by atoms with Gasteiger partial charge in [0.25, 0.3) is 5.91 Å². The first-order chi connectivity index (χ1) is 7.08. The molecule has 0 aliphatic carbocycles. The number of amides is 1. The highest BCUT2D eigenvalue weighted by atomic mass is 16.2. The van der Waals surface area contributed by atoms with Crippen molar-refractivity contribution in [2.45, 2.75) is 33.4 Å². The van der Waals surface area contributed by atoms with E-state index in [0.717, 1.165) is 5.69 Å². The fourth-order valence-electron chi connectivity index (χ4n) is 1.27. The van der Waals surface area contributed by atoms with E-state index in [1.165, 1.54) is 0 Å². The highest BCUT2D eigenvalue weighted by Crippen LogP contribution is 2.03. The van der Waals surface area contributed by atoms with Crippen molar-refractivity contribution in [2.75, 3.05) is 0 Å². The normalized spacial score (nSPS) is 11.9. The van der Waals surface area contributed by atoms with Crippen molar-refractivity contribution in [1.29, 1.82) is 5.26 Å². The van der Waals surface area contributed by atoms with Crippen molar-refractivity contribution in [1.82, 2.24) is 15.1 Å². The summed E-state index contributed by atoms with van der Waals surface area (Å²) >= 11 is 0. The molecule has 1 heterocycles. The standard InChI is InChI=1S/C10H14N4O/c1-4-14-9(5-7(2)13-14)10(15)12-8(3)6-11/h5,8H,4H2,1-3H3,(H,12,15). The van der Waals surface area contributed by atoms with Gasteiger partial charge in [0.1, 0.15) is 11.7 Å². The summed E-state index contributed by atoms with van der Waals surface area (Å²) in [4.78, 5) is 11.7. The fourth-order valence-corrected chi connectivity index (χ4v) is 1.27. The molecule has 0 saturated heterocycles. The zero-order chi connectivity index (χ0) is 11.4. The number of rotatable bonds is 3. The Hall–Kier alpha value is -1.83. The number of hydrogen-bond acceptors (Lipinski definition) is 3. The number of nitrogens with zero attached hydrogens (tertiary/aromatic N) is 3. The molecule has 0 aliphatic heterocycles. The van der Waals surface area contributed by atoms with E-state index in [1.807, 2.05) is 19.9 Å². The number of aromatic nitrogens is 2. The molecule has 0 aromatic carbocycles. The summed E-state index contributed by atoms with van der Waals surface area (Å²) in [6.07, 6.45) is 0. The molecule has 0 fully saturated rings. The zero-order valence-corrected chi connectivity index (χ0v) is 9.11. The van der Waals surface area contributed by atoms with Crippen molar-refractivity contribution in [3.05, 3.63) is 17.5 Å². The number of aryl methyl sites for hydroxylation is 2. The molecule has 0 saturated carbocycles. The Morgan fingerprint density at radius 3 is 3.00 bits per heavy atom. The maximum absolute atomic E-state index is 11.7. The molecule has 5 heteroatoms. The van der Waals surface area contributed by atoms with Crippen molar-refractivity contribution in [3.8, 4) is 6.07 Å². The summed E-state index contributed by atoms with van der Waals surface area (Å²) in [6, 6.07) is 3.17. The van der Waals surface area contributed by atoms with Crippen LogP contribution < -0.4 is 5.32 Å². The third-order valence-electron chi connectivity index (χ3n) is 1.98. The summed E-state index contributed by atoms with van der Waals surface area (Å²) in [5.74, 6) is -0.258. The molecule has 80 valence electrons. The van der Waals surface area contributed by atoms with E-state index < -0.39 is 6.04 Å². The van der Waals surface area contributed by atoms with E-state index in [1.54, 1.807) is 17.7 Å². The van der Waals surface area contributed by atoms with Crippen LogP contribution in [0.2, 0.25) is 0 Å². The summed E-state index contributed by atoms with van der Waals surface area (Å²) in [5.41, 5.74) is 1.30. The van der Waals surface area contributed by atoms with Gasteiger partial charge in [-0.1, -0.05) is 0 Å². The summed E-state index contributed by atoms with van der Waals surface area (Å²) < 4.78 is 1.62. The Kier molecular flexibility index (Phi) is 3.45. The van der Waals surface area contributed by atoms with Gasteiger partial charge in [-0.05, 0) is 26.8 Å². The van der Waals surface area contributed by atoms with Crippen LogP contribution in [0.25, 0.3) is 0 Å². The molecular weight excluding hydrogens is 192 g/mol. The van der Waals surface area contributed by atoms with Crippen LogP contribution in [0.3, 0.4) is 0 Å². The molecule has 1 atom stereocenters. The van der Waals surface area contributed by atoms with Gasteiger partial charge in [0.15, 0.2) is 0 Å². The van der Waals surface area contributed by atoms with Crippen LogP contribution in [0.4, 0.5) is 0 Å². The monoisotopic (exact) mass is 206 g/mol. The van der Waals surface area contributed by atoms with Crippen LogP contribution in [0.15, 0.2) is 6.07 Å². The second kappa shape index (κ2) is 4.60. The van der Waals surface area contributed by atoms with Gasteiger partial charge in [-0.3, -0.25) is 9.48 Å². The molecule has 1 aromatic rings. The Morgan fingerprint density at radius 1 is 1.80 bits per heavy atom. The Bertz CT molecular complexity index is 402. The molecule has 1 aromatic heterocycles. The Morgan fingerprint density at radius 2 is 2.47 bits per heavy atom. The minimum atomic E-state index is -0.488. The van der Waals surface area contributed by atoms with E-state index >= 15 is 0 Å². The smallest absolute Gasteiger partial charge is 0.270 e. The van der Waals surface area contributed by atoms with Gasteiger partial charge >= 0.3 is 0 Å². The lowest BCUT2D eigenvalue weighted by atomic mass is 10.3. The van der Waals surface area contributed by atoms with E-state index in [2.05, 4.69) is 10.4 Å². The van der Waals surface area contributed by atoms with Crippen molar-refractivity contribution in [3.63, 3.8) is 0 Å². The van der Waals surface area contributed by atoms with Crippen molar-refractivity contribution < 1.29 is 4.79 Å². The molecule has 1 rings (SSSR count). The first kappa shape index (κ1) is 11.2. The summed E-state index contributed by atoms with van der Waals surface area (Å²) in [6.45, 7) is 6.02. The molecule has 0 radical (unpaired) electrons. The fraction of sp³-hybridized carbons (Fsp3) is 0.500. The number of carbonyl (C=O) groups excluding carboxylic acids is 1. The third-order valence-corrected chi connectivity index (χ3v) is 1.98. The lowest BCUT2D eigenvalue weighted by molar-refractivity contribution is 0.0937. The number of nitrogens with one attached hydrogen (secondary N) is 1. The first-order valence-electron chi connectivity index (χ1n) is 4.83. The molecular formula is C10H14N4O. The second-order valence-electron chi connectivity index (χ2n) is 3.31. The molecule has 1 unspecified atom stereocenters. The van der Waals surface area contributed by atoms with E-state index in [4.69, 9.17) is 5.26 Å². The molecule has 0 spiro atoms. The highest BCUT2D eigenvalue weighted by Gasteiger charge is 2.14. The number of nitriles is 1. The lowest BCUT2D eigenvalue weighted by Crippen LogP contribution is -2.32. The topological polar surface area (TPSA) is 70.7 Å². The maximum Gasteiger partial charge on any atom is 0.270 e. The average molecular weight is 206 g/mol. The molecule has 0 aliphatic rings. The molecule has 5 nitrogen and oxygen atoms in total. The van der Waals surface area contributed by atoms with Crippen molar-refractivity contribution in [2.24, 2.45) is 0 Å². The maximum atomic E-state index is 11.7. The Labute approximate surface area is 88.7 Å².